The highest BCUT2D eigenvalue weighted by atomic mass is 15.0. The molecule has 0 radical (unpaired) electrons. The van der Waals surface area contributed by atoms with Gasteiger partial charge in [-0.25, -0.2) is 0 Å². The number of hydrogen-bond acceptors (Lipinski definition) is 2. The van der Waals surface area contributed by atoms with E-state index >= 15 is 0 Å². The lowest BCUT2D eigenvalue weighted by molar-refractivity contribution is 1.15. The number of benzene rings is 8. The van der Waals surface area contributed by atoms with Gasteiger partial charge in [-0.05, 0) is 82.9 Å². The molecule has 0 aliphatic heterocycles. The van der Waals surface area contributed by atoms with Crippen molar-refractivity contribution in [2.75, 3.05) is 0 Å². The summed E-state index contributed by atoms with van der Waals surface area (Å²) in [5, 5.41) is 25.1. The first-order chi connectivity index (χ1) is 26.7. The molecule has 2 heterocycles. The van der Waals surface area contributed by atoms with Crippen LogP contribution in [-0.2, 0) is 0 Å². The monoisotopic (exact) mass is 686 g/mol. The molecule has 8 aromatic carbocycles. The summed E-state index contributed by atoms with van der Waals surface area (Å²) in [5.41, 5.74) is 13.1. The van der Waals surface area contributed by atoms with Crippen LogP contribution in [-0.4, -0.2) is 9.13 Å². The zero-order chi connectivity index (χ0) is 36.2. The maximum absolute atomic E-state index is 10.6. The van der Waals surface area contributed by atoms with E-state index in [1.807, 2.05) is 30.3 Å². The molecule has 0 atom stereocenters. The summed E-state index contributed by atoms with van der Waals surface area (Å²) in [7, 11) is 0. The minimum absolute atomic E-state index is 0.356. The van der Waals surface area contributed by atoms with Crippen molar-refractivity contribution in [3.8, 4) is 56.9 Å². The van der Waals surface area contributed by atoms with Crippen molar-refractivity contribution in [1.29, 1.82) is 10.5 Å². The molecule has 0 bridgehead atoms. The van der Waals surface area contributed by atoms with Crippen molar-refractivity contribution in [3.05, 3.63) is 193 Å². The fourth-order valence-electron chi connectivity index (χ4n) is 8.15. The van der Waals surface area contributed by atoms with Crippen LogP contribution in [0.3, 0.4) is 0 Å². The number of fused-ring (bicyclic) bond motifs is 6. The second-order valence-electron chi connectivity index (χ2n) is 13.6. The lowest BCUT2D eigenvalue weighted by atomic mass is 9.93. The highest BCUT2D eigenvalue weighted by Gasteiger charge is 2.23. The summed E-state index contributed by atoms with van der Waals surface area (Å²) in [4.78, 5) is 0. The zero-order valence-electron chi connectivity index (χ0n) is 29.1. The van der Waals surface area contributed by atoms with Crippen molar-refractivity contribution in [3.63, 3.8) is 0 Å². The SMILES string of the molecule is N#Cc1cccc(-c2cc3c4ccccc4n(-c4ccccc4)c3cc2-n2c3ccc(-c4ccccc4)cc3c3cc(-c4ccccc4)ccc32)c1C#N. The van der Waals surface area contributed by atoms with E-state index in [4.69, 9.17) is 0 Å². The van der Waals surface area contributed by atoms with E-state index in [0.29, 0.717) is 11.1 Å². The Kier molecular flexibility index (Phi) is 7.22. The third kappa shape index (κ3) is 4.83. The van der Waals surface area contributed by atoms with Gasteiger partial charge in [0.15, 0.2) is 0 Å². The number of para-hydroxylation sites is 2. The van der Waals surface area contributed by atoms with Gasteiger partial charge < -0.3 is 9.13 Å². The first-order valence-corrected chi connectivity index (χ1v) is 18.0. The molecule has 250 valence electrons. The summed E-state index contributed by atoms with van der Waals surface area (Å²) in [6.07, 6.45) is 0. The van der Waals surface area contributed by atoms with Crippen LogP contribution in [0.25, 0.3) is 88.4 Å². The van der Waals surface area contributed by atoms with E-state index in [1.165, 1.54) is 0 Å². The van der Waals surface area contributed by atoms with E-state index in [-0.39, 0.29) is 0 Å². The van der Waals surface area contributed by atoms with Gasteiger partial charge in [0, 0.05) is 38.4 Å². The summed E-state index contributed by atoms with van der Waals surface area (Å²) in [5.74, 6) is 0. The molecule has 0 aliphatic rings. The summed E-state index contributed by atoms with van der Waals surface area (Å²) >= 11 is 0. The first-order valence-electron chi connectivity index (χ1n) is 18.0. The van der Waals surface area contributed by atoms with Crippen LogP contribution < -0.4 is 0 Å². The van der Waals surface area contributed by atoms with Crippen molar-refractivity contribution in [2.45, 2.75) is 0 Å². The summed E-state index contributed by atoms with van der Waals surface area (Å²) in [6, 6.07) is 68.1. The predicted molar refractivity (Wildman–Crippen MR) is 221 cm³/mol. The average Bonchev–Trinajstić information content (AvgIpc) is 3.75. The Labute approximate surface area is 312 Å². The standard InChI is InChI=1S/C50H30N4/c51-31-37-17-12-21-39(45(37)32-52)43-29-44-40-20-10-11-22-46(40)53(38-18-8-3-9-19-38)49(44)30-50(43)54-47-25-23-35(33-13-4-1-5-14-33)27-41(47)42-28-36(24-26-48(42)54)34-15-6-2-7-16-34/h1-30H. The Bertz CT molecular complexity index is 3060. The molecule has 0 fully saturated rings. The molecule has 2 aromatic heterocycles. The molecule has 0 N–H and O–H groups in total. The number of hydrogen-bond donors (Lipinski definition) is 0. The molecular formula is C50H30N4. The quantitative estimate of drug-likeness (QED) is 0.181. The Morgan fingerprint density at radius 3 is 1.52 bits per heavy atom. The molecule has 0 spiro atoms. The summed E-state index contributed by atoms with van der Waals surface area (Å²) in [6.45, 7) is 0. The third-order valence-electron chi connectivity index (χ3n) is 10.6. The van der Waals surface area contributed by atoms with Crippen molar-refractivity contribution < 1.29 is 0 Å². The van der Waals surface area contributed by atoms with Gasteiger partial charge in [-0.15, -0.1) is 0 Å². The van der Waals surface area contributed by atoms with Gasteiger partial charge in [-0.1, -0.05) is 121 Å². The van der Waals surface area contributed by atoms with Crippen molar-refractivity contribution in [2.24, 2.45) is 0 Å². The average molecular weight is 687 g/mol. The molecule has 0 saturated carbocycles. The van der Waals surface area contributed by atoms with Crippen LogP contribution in [0.4, 0.5) is 0 Å². The highest BCUT2D eigenvalue weighted by molar-refractivity contribution is 6.15. The van der Waals surface area contributed by atoms with Gasteiger partial charge in [0.25, 0.3) is 0 Å². The lowest BCUT2D eigenvalue weighted by Crippen LogP contribution is -2.01. The van der Waals surface area contributed by atoms with Crippen LogP contribution in [0.5, 0.6) is 0 Å². The zero-order valence-corrected chi connectivity index (χ0v) is 29.1. The smallest absolute Gasteiger partial charge is 0.101 e. The van der Waals surface area contributed by atoms with E-state index in [2.05, 4.69) is 167 Å². The van der Waals surface area contributed by atoms with Crippen LogP contribution in [0.2, 0.25) is 0 Å². The van der Waals surface area contributed by atoms with Gasteiger partial charge in [0.05, 0.1) is 38.9 Å². The Morgan fingerprint density at radius 2 is 0.907 bits per heavy atom. The summed E-state index contributed by atoms with van der Waals surface area (Å²) < 4.78 is 4.67. The number of rotatable bonds is 5. The van der Waals surface area contributed by atoms with E-state index in [0.717, 1.165) is 88.4 Å². The number of aromatic nitrogens is 2. The first kappa shape index (κ1) is 31.1. The second-order valence-corrected chi connectivity index (χ2v) is 13.6. The van der Waals surface area contributed by atoms with E-state index in [9.17, 15) is 10.5 Å². The van der Waals surface area contributed by atoms with Crippen molar-refractivity contribution in [1.82, 2.24) is 9.13 Å². The topological polar surface area (TPSA) is 57.4 Å². The van der Waals surface area contributed by atoms with Crippen LogP contribution in [0.1, 0.15) is 11.1 Å². The molecule has 4 nitrogen and oxygen atoms in total. The molecule has 54 heavy (non-hydrogen) atoms. The maximum atomic E-state index is 10.6. The molecule has 10 aromatic rings. The fraction of sp³-hybridized carbons (Fsp3) is 0. The third-order valence-corrected chi connectivity index (χ3v) is 10.6. The van der Waals surface area contributed by atoms with Crippen LogP contribution in [0.15, 0.2) is 182 Å². The van der Waals surface area contributed by atoms with Crippen molar-refractivity contribution >= 4 is 43.6 Å². The normalized spacial score (nSPS) is 11.3. The Balaban J connectivity index is 1.37. The molecule has 0 amide bonds. The number of nitrogens with zero attached hydrogens (tertiary/aromatic N) is 4. The maximum Gasteiger partial charge on any atom is 0.101 e. The molecule has 0 unspecified atom stereocenters. The molecular weight excluding hydrogens is 657 g/mol. The van der Waals surface area contributed by atoms with E-state index < -0.39 is 0 Å². The predicted octanol–water partition coefficient (Wildman–Crippen LogP) is 12.6. The Morgan fingerprint density at radius 1 is 0.352 bits per heavy atom. The van der Waals surface area contributed by atoms with Gasteiger partial charge in [0.1, 0.15) is 12.1 Å². The minimum atomic E-state index is 0.356. The molecule has 4 heteroatoms. The molecule has 0 aliphatic carbocycles. The fourth-order valence-corrected chi connectivity index (χ4v) is 8.15. The van der Waals surface area contributed by atoms with E-state index in [1.54, 1.807) is 6.07 Å². The van der Waals surface area contributed by atoms with Crippen LogP contribution >= 0.6 is 0 Å². The lowest BCUT2D eigenvalue weighted by Gasteiger charge is -2.17. The van der Waals surface area contributed by atoms with Gasteiger partial charge in [-0.2, -0.15) is 10.5 Å². The minimum Gasteiger partial charge on any atom is -0.309 e. The van der Waals surface area contributed by atoms with Crippen LogP contribution in [0, 0.1) is 22.7 Å². The van der Waals surface area contributed by atoms with Gasteiger partial charge in [-0.3, -0.25) is 0 Å². The second kappa shape index (κ2) is 12.5. The number of nitriles is 2. The molecule has 10 rings (SSSR count). The van der Waals surface area contributed by atoms with Gasteiger partial charge in [0.2, 0.25) is 0 Å². The largest absolute Gasteiger partial charge is 0.309 e. The molecule has 0 saturated heterocycles. The Hall–Kier alpha value is -7.66. The highest BCUT2D eigenvalue weighted by Crippen LogP contribution is 2.44. The van der Waals surface area contributed by atoms with Gasteiger partial charge >= 0.3 is 0 Å².